The zero-order valence-electron chi connectivity index (χ0n) is 14.3. The number of carbonyl (C=O) groups is 1. The number of hydrogen-bond donors (Lipinski definition) is 1. The number of benzene rings is 1. The maximum Gasteiger partial charge on any atom is 0.230 e. The average Bonchev–Trinajstić information content (AvgIpc) is 3.30. The van der Waals surface area contributed by atoms with Crippen LogP contribution in [0.3, 0.4) is 0 Å². The summed E-state index contributed by atoms with van der Waals surface area (Å²) < 4.78 is 2.01. The second-order valence-electron chi connectivity index (χ2n) is 5.53. The summed E-state index contributed by atoms with van der Waals surface area (Å²) in [5.74, 6) is 1.11. The first kappa shape index (κ1) is 18.9. The Morgan fingerprint density at radius 2 is 2.08 bits per heavy atom. The number of amides is 1. The van der Waals surface area contributed by atoms with Crippen LogP contribution >= 0.6 is 34.7 Å². The Labute approximate surface area is 165 Å². The second kappa shape index (κ2) is 9.21. The number of thiophene rings is 1. The van der Waals surface area contributed by atoms with E-state index >= 15 is 0 Å². The molecular weight excluding hydrogens is 388 g/mol. The van der Waals surface area contributed by atoms with Crippen molar-refractivity contribution in [1.29, 1.82) is 0 Å². The minimum atomic E-state index is 0.00486. The molecular formula is C18H19ClN4OS2. The summed E-state index contributed by atoms with van der Waals surface area (Å²) in [5, 5.41) is 14.9. The molecule has 2 aromatic heterocycles. The molecule has 0 radical (unpaired) electrons. The number of hydrogen-bond acceptors (Lipinski definition) is 5. The summed E-state index contributed by atoms with van der Waals surface area (Å²) in [6.07, 6.45) is 0.861. The van der Waals surface area contributed by atoms with Gasteiger partial charge in [-0.25, -0.2) is 0 Å². The fourth-order valence-corrected chi connectivity index (χ4v) is 4.12. The summed E-state index contributed by atoms with van der Waals surface area (Å²) >= 11 is 9.05. The van der Waals surface area contributed by atoms with Crippen molar-refractivity contribution >= 4 is 40.6 Å². The van der Waals surface area contributed by atoms with Gasteiger partial charge in [-0.2, -0.15) is 0 Å². The largest absolute Gasteiger partial charge is 0.355 e. The van der Waals surface area contributed by atoms with Gasteiger partial charge >= 0.3 is 0 Å². The van der Waals surface area contributed by atoms with Crippen molar-refractivity contribution in [3.05, 3.63) is 51.7 Å². The van der Waals surface area contributed by atoms with Crippen LogP contribution in [-0.2, 0) is 17.8 Å². The number of nitrogens with one attached hydrogen (secondary N) is 1. The molecule has 0 spiro atoms. The Hall–Kier alpha value is -1.83. The molecule has 1 aromatic carbocycles. The Bertz CT molecular complexity index is 847. The second-order valence-corrected chi connectivity index (χ2v) is 7.94. The van der Waals surface area contributed by atoms with Gasteiger partial charge < -0.3 is 9.88 Å². The molecule has 136 valence electrons. The van der Waals surface area contributed by atoms with Gasteiger partial charge in [-0.1, -0.05) is 29.4 Å². The van der Waals surface area contributed by atoms with Gasteiger partial charge in [0.15, 0.2) is 11.0 Å². The van der Waals surface area contributed by atoms with Gasteiger partial charge in [0.05, 0.1) is 5.75 Å². The van der Waals surface area contributed by atoms with E-state index in [0.717, 1.165) is 29.5 Å². The number of aromatic nitrogens is 3. The molecule has 0 aliphatic heterocycles. The monoisotopic (exact) mass is 406 g/mol. The summed E-state index contributed by atoms with van der Waals surface area (Å²) in [4.78, 5) is 13.3. The number of rotatable bonds is 8. The fraction of sp³-hybridized carbons (Fsp3) is 0.278. The molecule has 1 amide bonds. The van der Waals surface area contributed by atoms with Crippen molar-refractivity contribution in [2.24, 2.45) is 0 Å². The third-order valence-corrected chi connectivity index (χ3v) is 5.90. The van der Waals surface area contributed by atoms with Crippen LogP contribution in [0.5, 0.6) is 0 Å². The Morgan fingerprint density at radius 1 is 1.27 bits per heavy atom. The van der Waals surface area contributed by atoms with Crippen LogP contribution in [0.2, 0.25) is 5.02 Å². The highest BCUT2D eigenvalue weighted by Crippen LogP contribution is 2.25. The maximum atomic E-state index is 12.1. The third kappa shape index (κ3) is 4.87. The van der Waals surface area contributed by atoms with Gasteiger partial charge in [0.2, 0.25) is 5.91 Å². The zero-order chi connectivity index (χ0) is 18.4. The molecule has 0 aliphatic carbocycles. The highest BCUT2D eigenvalue weighted by atomic mass is 35.5. The van der Waals surface area contributed by atoms with Crippen LogP contribution in [0.4, 0.5) is 0 Å². The van der Waals surface area contributed by atoms with E-state index in [1.54, 1.807) is 11.3 Å². The van der Waals surface area contributed by atoms with E-state index in [9.17, 15) is 4.79 Å². The lowest BCUT2D eigenvalue weighted by Gasteiger charge is -2.08. The molecule has 3 aromatic rings. The Morgan fingerprint density at radius 3 is 2.77 bits per heavy atom. The van der Waals surface area contributed by atoms with E-state index < -0.39 is 0 Å². The van der Waals surface area contributed by atoms with Gasteiger partial charge in [-0.05, 0) is 49.1 Å². The van der Waals surface area contributed by atoms with Crippen LogP contribution in [0.25, 0.3) is 11.4 Å². The molecule has 8 heteroatoms. The highest BCUT2D eigenvalue weighted by molar-refractivity contribution is 7.99. The third-order valence-electron chi connectivity index (χ3n) is 3.74. The number of carbonyl (C=O) groups excluding carboxylic acids is 1. The van der Waals surface area contributed by atoms with Gasteiger partial charge in [-0.15, -0.1) is 21.5 Å². The van der Waals surface area contributed by atoms with Crippen molar-refractivity contribution in [3.63, 3.8) is 0 Å². The van der Waals surface area contributed by atoms with Gasteiger partial charge in [0.1, 0.15) is 0 Å². The molecule has 0 bridgehead atoms. The van der Waals surface area contributed by atoms with Crippen LogP contribution in [0.1, 0.15) is 11.8 Å². The first-order valence-corrected chi connectivity index (χ1v) is 10.5. The molecule has 0 fully saturated rings. The lowest BCUT2D eigenvalue weighted by atomic mass is 10.2. The fourth-order valence-electron chi connectivity index (χ4n) is 2.45. The molecule has 0 saturated heterocycles. The minimum Gasteiger partial charge on any atom is -0.355 e. The first-order valence-electron chi connectivity index (χ1n) is 8.28. The lowest BCUT2D eigenvalue weighted by molar-refractivity contribution is -0.118. The van der Waals surface area contributed by atoms with Gasteiger partial charge in [0, 0.05) is 28.6 Å². The first-order chi connectivity index (χ1) is 12.7. The molecule has 0 saturated carbocycles. The van der Waals surface area contributed by atoms with Crippen LogP contribution in [-0.4, -0.2) is 33.0 Å². The van der Waals surface area contributed by atoms with Crippen molar-refractivity contribution in [1.82, 2.24) is 20.1 Å². The van der Waals surface area contributed by atoms with Crippen molar-refractivity contribution in [3.8, 4) is 11.4 Å². The predicted molar refractivity (Wildman–Crippen MR) is 108 cm³/mol. The zero-order valence-corrected chi connectivity index (χ0v) is 16.7. The smallest absolute Gasteiger partial charge is 0.230 e. The van der Waals surface area contributed by atoms with Crippen molar-refractivity contribution < 1.29 is 4.79 Å². The Kier molecular flexibility index (Phi) is 6.71. The lowest BCUT2D eigenvalue weighted by Crippen LogP contribution is -2.27. The SMILES string of the molecule is CCn1c(SCC(=O)NCCc2cccs2)nnc1-c1ccc(Cl)cc1. The Balaban J connectivity index is 1.56. The van der Waals surface area contributed by atoms with Gasteiger partial charge in [0.25, 0.3) is 0 Å². The highest BCUT2D eigenvalue weighted by Gasteiger charge is 2.14. The van der Waals surface area contributed by atoms with E-state index in [2.05, 4.69) is 21.6 Å². The summed E-state index contributed by atoms with van der Waals surface area (Å²) in [6, 6.07) is 11.6. The van der Waals surface area contributed by atoms with Crippen molar-refractivity contribution in [2.75, 3.05) is 12.3 Å². The number of halogens is 1. The standard InChI is InChI=1S/C18H19ClN4OS2/c1-2-23-17(13-5-7-14(19)8-6-13)21-22-18(23)26-12-16(24)20-10-9-15-4-3-11-25-15/h3-8,11H,2,9-10,12H2,1H3,(H,20,24). The van der Waals surface area contributed by atoms with E-state index in [1.807, 2.05) is 47.2 Å². The summed E-state index contributed by atoms with van der Waals surface area (Å²) in [7, 11) is 0. The summed E-state index contributed by atoms with van der Waals surface area (Å²) in [6.45, 7) is 3.41. The number of thioether (sulfide) groups is 1. The average molecular weight is 407 g/mol. The molecule has 2 heterocycles. The van der Waals surface area contributed by atoms with E-state index in [4.69, 9.17) is 11.6 Å². The molecule has 5 nitrogen and oxygen atoms in total. The maximum absolute atomic E-state index is 12.1. The topological polar surface area (TPSA) is 59.8 Å². The van der Waals surface area contributed by atoms with Crippen LogP contribution in [0.15, 0.2) is 46.9 Å². The number of nitrogens with zero attached hydrogens (tertiary/aromatic N) is 3. The van der Waals surface area contributed by atoms with Crippen LogP contribution < -0.4 is 5.32 Å². The quantitative estimate of drug-likeness (QED) is 0.571. The molecule has 26 heavy (non-hydrogen) atoms. The molecule has 3 rings (SSSR count). The predicted octanol–water partition coefficient (Wildman–Crippen LogP) is 4.13. The molecule has 0 atom stereocenters. The van der Waals surface area contributed by atoms with E-state index in [1.165, 1.54) is 16.6 Å². The molecule has 0 aliphatic rings. The van der Waals surface area contributed by atoms with Crippen molar-refractivity contribution in [2.45, 2.75) is 25.0 Å². The molecule has 0 unspecified atom stereocenters. The van der Waals surface area contributed by atoms with E-state index in [0.29, 0.717) is 17.3 Å². The van der Waals surface area contributed by atoms with Crippen LogP contribution in [0, 0.1) is 0 Å². The van der Waals surface area contributed by atoms with E-state index in [-0.39, 0.29) is 5.91 Å². The molecule has 1 N–H and O–H groups in total. The normalized spacial score (nSPS) is 10.8. The summed E-state index contributed by atoms with van der Waals surface area (Å²) in [5.41, 5.74) is 0.955. The van der Waals surface area contributed by atoms with Gasteiger partial charge in [-0.3, -0.25) is 4.79 Å². The minimum absolute atomic E-state index is 0.00486.